The van der Waals surface area contributed by atoms with E-state index in [1.807, 2.05) is 39.1 Å². The van der Waals surface area contributed by atoms with Crippen LogP contribution in [0.1, 0.15) is 53.4 Å². The molecule has 10 heteroatoms. The van der Waals surface area contributed by atoms with Crippen molar-refractivity contribution in [3.8, 4) is 0 Å². The smallest absolute Gasteiger partial charge is 0.338 e. The van der Waals surface area contributed by atoms with Crippen molar-refractivity contribution in [2.75, 3.05) is 17.7 Å². The predicted molar refractivity (Wildman–Crippen MR) is 134 cm³/mol. The molecule has 0 unspecified atom stereocenters. The van der Waals surface area contributed by atoms with Crippen LogP contribution < -0.4 is 10.6 Å². The molecule has 0 aliphatic carbocycles. The van der Waals surface area contributed by atoms with Gasteiger partial charge in [-0.05, 0) is 43.2 Å². The molecule has 0 aliphatic heterocycles. The first-order valence-electron chi connectivity index (χ1n) is 11.2. The van der Waals surface area contributed by atoms with Crippen LogP contribution in [0.4, 0.5) is 5.69 Å². The molecular weight excluding hydrogens is 466 g/mol. The summed E-state index contributed by atoms with van der Waals surface area (Å²) < 4.78 is 6.78. The van der Waals surface area contributed by atoms with Crippen LogP contribution in [0.5, 0.6) is 0 Å². The summed E-state index contributed by atoms with van der Waals surface area (Å²) in [4.78, 5) is 37.1. The molecule has 0 bridgehead atoms. The molecule has 9 nitrogen and oxygen atoms in total. The predicted octanol–water partition coefficient (Wildman–Crippen LogP) is 3.85. The SMILES string of the molecule is CCOC(=O)c1cccc(NC(=O)CSc2nnc([C@@H](NC(=O)c3ccccc3)C(C)C)n2C)c1. The number of anilines is 1. The molecule has 2 aromatic carbocycles. The molecule has 3 aromatic rings. The van der Waals surface area contributed by atoms with Crippen LogP contribution in [0.2, 0.25) is 0 Å². The van der Waals surface area contributed by atoms with Crippen LogP contribution in [0.3, 0.4) is 0 Å². The standard InChI is InChI=1S/C25H29N5O4S/c1-5-34-24(33)18-12-9-13-19(14-18)26-20(31)15-35-25-29-28-22(30(25)4)21(16(2)3)27-23(32)17-10-7-6-8-11-17/h6-14,16,21H,5,15H2,1-4H3,(H,26,31)(H,27,32)/t21-/m0/s1. The molecule has 35 heavy (non-hydrogen) atoms. The third-order valence-electron chi connectivity index (χ3n) is 5.13. The van der Waals surface area contributed by atoms with Gasteiger partial charge in [0, 0.05) is 18.3 Å². The lowest BCUT2D eigenvalue weighted by Crippen LogP contribution is -2.33. The summed E-state index contributed by atoms with van der Waals surface area (Å²) in [7, 11) is 1.81. The number of ether oxygens (including phenoxy) is 1. The number of thioether (sulfide) groups is 1. The normalized spacial score (nSPS) is 11.7. The van der Waals surface area contributed by atoms with Crippen molar-refractivity contribution in [2.45, 2.75) is 32.0 Å². The fourth-order valence-electron chi connectivity index (χ4n) is 3.33. The van der Waals surface area contributed by atoms with Gasteiger partial charge in [-0.1, -0.05) is 49.9 Å². The number of nitrogens with zero attached hydrogens (tertiary/aromatic N) is 3. The number of nitrogens with one attached hydrogen (secondary N) is 2. The lowest BCUT2D eigenvalue weighted by atomic mass is 10.0. The van der Waals surface area contributed by atoms with E-state index in [1.54, 1.807) is 47.9 Å². The van der Waals surface area contributed by atoms with Gasteiger partial charge in [0.1, 0.15) is 0 Å². The van der Waals surface area contributed by atoms with Crippen LogP contribution in [0.15, 0.2) is 59.8 Å². The average Bonchev–Trinajstić information content (AvgIpc) is 3.21. The Morgan fingerprint density at radius 3 is 2.43 bits per heavy atom. The minimum absolute atomic E-state index is 0.0679. The first-order chi connectivity index (χ1) is 16.8. The monoisotopic (exact) mass is 495 g/mol. The Morgan fingerprint density at radius 1 is 1.03 bits per heavy atom. The largest absolute Gasteiger partial charge is 0.462 e. The van der Waals surface area contributed by atoms with Crippen LogP contribution in [0.25, 0.3) is 0 Å². The number of aromatic nitrogens is 3. The number of hydrogen-bond donors (Lipinski definition) is 2. The summed E-state index contributed by atoms with van der Waals surface area (Å²) in [5.74, 6) is -0.112. The van der Waals surface area contributed by atoms with Crippen molar-refractivity contribution in [1.82, 2.24) is 20.1 Å². The summed E-state index contributed by atoms with van der Waals surface area (Å²) in [5, 5.41) is 14.9. The summed E-state index contributed by atoms with van der Waals surface area (Å²) in [6, 6.07) is 15.2. The summed E-state index contributed by atoms with van der Waals surface area (Å²) >= 11 is 1.23. The Balaban J connectivity index is 1.63. The molecule has 2 amide bonds. The number of esters is 1. The molecule has 2 N–H and O–H groups in total. The highest BCUT2D eigenvalue weighted by Gasteiger charge is 2.25. The van der Waals surface area contributed by atoms with Crippen LogP contribution >= 0.6 is 11.8 Å². The Morgan fingerprint density at radius 2 is 1.74 bits per heavy atom. The van der Waals surface area contributed by atoms with Crippen molar-refractivity contribution >= 4 is 35.2 Å². The van der Waals surface area contributed by atoms with Gasteiger partial charge in [0.05, 0.1) is 24.0 Å². The highest BCUT2D eigenvalue weighted by atomic mass is 32.2. The van der Waals surface area contributed by atoms with Gasteiger partial charge in [-0.3, -0.25) is 9.59 Å². The average molecular weight is 496 g/mol. The second-order valence-corrected chi connectivity index (χ2v) is 9.04. The number of hydrogen-bond acceptors (Lipinski definition) is 7. The lowest BCUT2D eigenvalue weighted by Gasteiger charge is -2.21. The number of carbonyl (C=O) groups excluding carboxylic acids is 3. The topological polar surface area (TPSA) is 115 Å². The molecule has 0 radical (unpaired) electrons. The Bertz CT molecular complexity index is 1180. The van der Waals surface area contributed by atoms with Gasteiger partial charge in [-0.2, -0.15) is 0 Å². The van der Waals surface area contributed by atoms with Crippen molar-refractivity contribution in [3.63, 3.8) is 0 Å². The molecule has 0 aliphatic rings. The van der Waals surface area contributed by atoms with E-state index >= 15 is 0 Å². The fourth-order valence-corrected chi connectivity index (χ4v) is 4.05. The molecular formula is C25H29N5O4S. The van der Waals surface area contributed by atoms with E-state index < -0.39 is 5.97 Å². The molecule has 184 valence electrons. The van der Waals surface area contributed by atoms with Crippen molar-refractivity contribution in [1.29, 1.82) is 0 Å². The van der Waals surface area contributed by atoms with Gasteiger partial charge < -0.3 is 19.9 Å². The first kappa shape index (κ1) is 26.0. The third-order valence-corrected chi connectivity index (χ3v) is 6.15. The molecule has 1 heterocycles. The van der Waals surface area contributed by atoms with Gasteiger partial charge >= 0.3 is 5.97 Å². The maximum absolute atomic E-state index is 12.7. The first-order valence-corrected chi connectivity index (χ1v) is 12.2. The Kier molecular flexibility index (Phi) is 9.02. The quantitative estimate of drug-likeness (QED) is 0.324. The van der Waals surface area contributed by atoms with Gasteiger partial charge in [-0.15, -0.1) is 10.2 Å². The molecule has 1 aromatic heterocycles. The van der Waals surface area contributed by atoms with E-state index in [9.17, 15) is 14.4 Å². The molecule has 0 saturated heterocycles. The second kappa shape index (κ2) is 12.2. The van der Waals surface area contributed by atoms with E-state index in [0.717, 1.165) is 0 Å². The molecule has 3 rings (SSSR count). The van der Waals surface area contributed by atoms with E-state index in [0.29, 0.717) is 27.8 Å². The number of rotatable bonds is 10. The number of benzene rings is 2. The van der Waals surface area contributed by atoms with Gasteiger partial charge in [0.25, 0.3) is 5.91 Å². The summed E-state index contributed by atoms with van der Waals surface area (Å²) in [6.45, 7) is 6.00. The minimum Gasteiger partial charge on any atom is -0.462 e. The number of amides is 2. The zero-order chi connectivity index (χ0) is 25.4. The lowest BCUT2D eigenvalue weighted by molar-refractivity contribution is -0.113. The van der Waals surface area contributed by atoms with E-state index in [1.165, 1.54) is 11.8 Å². The maximum Gasteiger partial charge on any atom is 0.338 e. The zero-order valence-corrected chi connectivity index (χ0v) is 21.0. The summed E-state index contributed by atoms with van der Waals surface area (Å²) in [5.41, 5.74) is 1.44. The Labute approximate surface area is 208 Å². The van der Waals surface area contributed by atoms with Crippen molar-refractivity contribution in [3.05, 3.63) is 71.5 Å². The molecule has 1 atom stereocenters. The highest BCUT2D eigenvalue weighted by molar-refractivity contribution is 7.99. The zero-order valence-electron chi connectivity index (χ0n) is 20.1. The van der Waals surface area contributed by atoms with Crippen LogP contribution in [-0.2, 0) is 16.6 Å². The Hall–Kier alpha value is -3.66. The minimum atomic E-state index is -0.441. The van der Waals surface area contributed by atoms with Crippen molar-refractivity contribution in [2.24, 2.45) is 13.0 Å². The highest BCUT2D eigenvalue weighted by Crippen LogP contribution is 2.24. The maximum atomic E-state index is 12.7. The van der Waals surface area contributed by atoms with E-state index in [2.05, 4.69) is 20.8 Å². The fraction of sp³-hybridized carbons (Fsp3) is 0.320. The molecule has 0 fully saturated rings. The van der Waals surface area contributed by atoms with E-state index in [-0.39, 0.29) is 36.1 Å². The van der Waals surface area contributed by atoms with Crippen LogP contribution in [-0.4, -0.2) is 44.9 Å². The van der Waals surface area contributed by atoms with Gasteiger partial charge in [0.15, 0.2) is 11.0 Å². The van der Waals surface area contributed by atoms with Gasteiger partial charge in [0.2, 0.25) is 5.91 Å². The third kappa shape index (κ3) is 6.92. The van der Waals surface area contributed by atoms with Gasteiger partial charge in [-0.25, -0.2) is 4.79 Å². The molecule has 0 spiro atoms. The van der Waals surface area contributed by atoms with E-state index in [4.69, 9.17) is 4.74 Å². The summed E-state index contributed by atoms with van der Waals surface area (Å²) in [6.07, 6.45) is 0. The van der Waals surface area contributed by atoms with Crippen molar-refractivity contribution < 1.29 is 19.1 Å². The molecule has 0 saturated carbocycles. The second-order valence-electron chi connectivity index (χ2n) is 8.10. The number of carbonyl (C=O) groups is 3. The van der Waals surface area contributed by atoms with Crippen LogP contribution in [0, 0.1) is 5.92 Å².